The Kier molecular flexibility index (Phi) is 5.48. The minimum Gasteiger partial charge on any atom is -0.352 e. The molecule has 1 aromatic heterocycles. The molecule has 0 aliphatic carbocycles. The van der Waals surface area contributed by atoms with Gasteiger partial charge in [0.05, 0.1) is 17.1 Å². The lowest BCUT2D eigenvalue weighted by Crippen LogP contribution is -2.36. The van der Waals surface area contributed by atoms with Gasteiger partial charge < -0.3 is 15.2 Å². The van der Waals surface area contributed by atoms with Gasteiger partial charge in [-0.3, -0.25) is 9.59 Å². The summed E-state index contributed by atoms with van der Waals surface area (Å²) >= 11 is 11.9. The monoisotopic (exact) mass is 395 g/mol. The first-order valence-electron chi connectivity index (χ1n) is 8.33. The minimum atomic E-state index is -0.353. The van der Waals surface area contributed by atoms with E-state index in [9.17, 15) is 9.59 Å². The van der Waals surface area contributed by atoms with Gasteiger partial charge in [-0.15, -0.1) is 10.2 Å². The minimum absolute atomic E-state index is 0.0539. The molecule has 1 atom stereocenters. The molecule has 7 nitrogen and oxygen atoms in total. The van der Waals surface area contributed by atoms with Crippen LogP contribution in [-0.4, -0.2) is 32.6 Å². The molecule has 138 valence electrons. The molecule has 1 aromatic carbocycles. The number of amides is 2. The topological polar surface area (TPSA) is 88.9 Å². The number of carbonyl (C=O) groups is 2. The first-order valence-corrected chi connectivity index (χ1v) is 9.08. The number of rotatable bonds is 5. The van der Waals surface area contributed by atoms with Crippen molar-refractivity contribution in [3.05, 3.63) is 45.5 Å². The highest BCUT2D eigenvalue weighted by molar-refractivity contribution is 6.36. The lowest BCUT2D eigenvalue weighted by Gasteiger charge is -2.17. The standard InChI is InChI=1S/C17H19Cl2N5O2/c1-9(2)21-17(26)13-5-6-14-22-23-15(24(13)14)8-20-16(25)11-4-3-10(18)7-12(11)19/h3-4,7,9,13H,5-6,8H2,1-2H3,(H,20,25)(H,21,26). The molecule has 2 amide bonds. The van der Waals surface area contributed by atoms with Gasteiger partial charge in [-0.1, -0.05) is 23.2 Å². The van der Waals surface area contributed by atoms with Gasteiger partial charge in [-0.25, -0.2) is 0 Å². The van der Waals surface area contributed by atoms with Crippen molar-refractivity contribution in [3.8, 4) is 0 Å². The fourth-order valence-electron chi connectivity index (χ4n) is 2.96. The number of hydrogen-bond donors (Lipinski definition) is 2. The van der Waals surface area contributed by atoms with Crippen molar-refractivity contribution in [1.82, 2.24) is 25.4 Å². The molecule has 0 radical (unpaired) electrons. The maximum Gasteiger partial charge on any atom is 0.253 e. The number of aromatic nitrogens is 3. The molecule has 9 heteroatoms. The quantitative estimate of drug-likeness (QED) is 0.813. The predicted molar refractivity (Wildman–Crippen MR) is 98.3 cm³/mol. The van der Waals surface area contributed by atoms with Gasteiger partial charge in [0.1, 0.15) is 11.9 Å². The van der Waals surface area contributed by atoms with Crippen LogP contribution in [0.5, 0.6) is 0 Å². The maximum absolute atomic E-state index is 12.4. The summed E-state index contributed by atoms with van der Waals surface area (Å²) in [5.74, 6) is 0.889. The van der Waals surface area contributed by atoms with E-state index in [0.29, 0.717) is 29.3 Å². The molecule has 2 N–H and O–H groups in total. The summed E-state index contributed by atoms with van der Waals surface area (Å²) in [4.78, 5) is 24.8. The number of benzene rings is 1. The molecule has 26 heavy (non-hydrogen) atoms. The van der Waals surface area contributed by atoms with E-state index in [1.807, 2.05) is 18.4 Å². The Morgan fingerprint density at radius 2 is 2.08 bits per heavy atom. The fourth-order valence-corrected chi connectivity index (χ4v) is 3.46. The van der Waals surface area contributed by atoms with E-state index in [4.69, 9.17) is 23.2 Å². The summed E-state index contributed by atoms with van der Waals surface area (Å²) in [6.45, 7) is 3.98. The van der Waals surface area contributed by atoms with Crippen LogP contribution in [0.3, 0.4) is 0 Å². The lowest BCUT2D eigenvalue weighted by molar-refractivity contribution is -0.124. The Labute approximate surface area is 161 Å². The average molecular weight is 396 g/mol. The van der Waals surface area contributed by atoms with Gasteiger partial charge in [-0.05, 0) is 38.5 Å². The van der Waals surface area contributed by atoms with Crippen molar-refractivity contribution in [2.24, 2.45) is 0 Å². The van der Waals surface area contributed by atoms with Gasteiger partial charge in [-0.2, -0.15) is 0 Å². The number of nitrogens with zero attached hydrogens (tertiary/aromatic N) is 3. The van der Waals surface area contributed by atoms with E-state index in [1.54, 1.807) is 12.1 Å². The predicted octanol–water partition coefficient (Wildman–Crippen LogP) is 2.53. The van der Waals surface area contributed by atoms with Gasteiger partial charge in [0.25, 0.3) is 5.91 Å². The largest absolute Gasteiger partial charge is 0.352 e. The number of aryl methyl sites for hydroxylation is 1. The zero-order valence-electron chi connectivity index (χ0n) is 14.4. The highest BCUT2D eigenvalue weighted by Gasteiger charge is 2.32. The molecule has 0 bridgehead atoms. The van der Waals surface area contributed by atoms with Gasteiger partial charge in [0.2, 0.25) is 5.91 Å². The second kappa shape index (κ2) is 7.63. The summed E-state index contributed by atoms with van der Waals surface area (Å²) in [5.41, 5.74) is 0.325. The van der Waals surface area contributed by atoms with Crippen LogP contribution in [0.25, 0.3) is 0 Å². The molecule has 1 unspecified atom stereocenters. The first-order chi connectivity index (χ1) is 12.4. The van der Waals surface area contributed by atoms with Crippen LogP contribution in [0.15, 0.2) is 18.2 Å². The van der Waals surface area contributed by atoms with Gasteiger partial charge in [0.15, 0.2) is 5.82 Å². The van der Waals surface area contributed by atoms with Crippen LogP contribution >= 0.6 is 23.2 Å². The first kappa shape index (κ1) is 18.7. The van der Waals surface area contributed by atoms with Gasteiger partial charge >= 0.3 is 0 Å². The summed E-state index contributed by atoms with van der Waals surface area (Å²) in [6, 6.07) is 4.38. The van der Waals surface area contributed by atoms with Crippen molar-refractivity contribution in [1.29, 1.82) is 0 Å². The van der Waals surface area contributed by atoms with E-state index < -0.39 is 0 Å². The number of halogens is 2. The van der Waals surface area contributed by atoms with Crippen molar-refractivity contribution >= 4 is 35.0 Å². The van der Waals surface area contributed by atoms with Crippen LogP contribution < -0.4 is 10.6 Å². The van der Waals surface area contributed by atoms with Crippen LogP contribution in [0.2, 0.25) is 10.0 Å². The second-order valence-electron chi connectivity index (χ2n) is 6.43. The van der Waals surface area contributed by atoms with Crippen molar-refractivity contribution in [2.75, 3.05) is 0 Å². The van der Waals surface area contributed by atoms with Crippen molar-refractivity contribution < 1.29 is 9.59 Å². The number of fused-ring (bicyclic) bond motifs is 1. The van der Waals surface area contributed by atoms with Crippen LogP contribution in [-0.2, 0) is 17.8 Å². The maximum atomic E-state index is 12.4. The number of carbonyl (C=O) groups excluding carboxylic acids is 2. The molecule has 2 aromatic rings. The molecule has 3 rings (SSSR count). The summed E-state index contributed by atoms with van der Waals surface area (Å²) < 4.78 is 1.81. The van der Waals surface area contributed by atoms with Crippen LogP contribution in [0.1, 0.15) is 48.3 Å². The molecule has 1 aliphatic heterocycles. The van der Waals surface area contributed by atoms with E-state index in [1.165, 1.54) is 6.07 Å². The Morgan fingerprint density at radius 3 is 2.77 bits per heavy atom. The lowest BCUT2D eigenvalue weighted by atomic mass is 10.2. The number of hydrogen-bond acceptors (Lipinski definition) is 4. The molecule has 0 saturated carbocycles. The van der Waals surface area contributed by atoms with E-state index in [0.717, 1.165) is 5.82 Å². The molecular weight excluding hydrogens is 377 g/mol. The molecular formula is C17H19Cl2N5O2. The van der Waals surface area contributed by atoms with Crippen LogP contribution in [0.4, 0.5) is 0 Å². The Morgan fingerprint density at radius 1 is 1.31 bits per heavy atom. The Balaban J connectivity index is 1.72. The Hall–Kier alpha value is -2.12. The zero-order chi connectivity index (χ0) is 18.8. The third kappa shape index (κ3) is 3.83. The molecule has 0 fully saturated rings. The van der Waals surface area contributed by atoms with Crippen molar-refractivity contribution in [3.63, 3.8) is 0 Å². The van der Waals surface area contributed by atoms with Crippen LogP contribution in [0, 0.1) is 0 Å². The summed E-state index contributed by atoms with van der Waals surface area (Å²) in [5, 5.41) is 14.7. The number of nitrogens with one attached hydrogen (secondary N) is 2. The second-order valence-corrected chi connectivity index (χ2v) is 7.27. The Bertz CT molecular complexity index is 850. The SMILES string of the molecule is CC(C)NC(=O)C1CCc2nnc(CNC(=O)c3ccc(Cl)cc3Cl)n21. The third-order valence-corrected chi connectivity index (χ3v) is 4.65. The zero-order valence-corrected chi connectivity index (χ0v) is 15.9. The van der Waals surface area contributed by atoms with E-state index in [2.05, 4.69) is 20.8 Å². The molecule has 1 aliphatic rings. The normalized spacial score (nSPS) is 15.8. The average Bonchev–Trinajstić information content (AvgIpc) is 3.14. The van der Waals surface area contributed by atoms with E-state index >= 15 is 0 Å². The fraction of sp³-hybridized carbons (Fsp3) is 0.412. The highest BCUT2D eigenvalue weighted by Crippen LogP contribution is 2.26. The summed E-state index contributed by atoms with van der Waals surface area (Å²) in [7, 11) is 0. The third-order valence-electron chi connectivity index (χ3n) is 4.11. The van der Waals surface area contributed by atoms with Crippen molar-refractivity contribution in [2.45, 2.75) is 45.3 Å². The molecule has 2 heterocycles. The molecule has 0 spiro atoms. The summed E-state index contributed by atoms with van der Waals surface area (Å²) in [6.07, 6.45) is 1.35. The molecule has 0 saturated heterocycles. The smallest absolute Gasteiger partial charge is 0.253 e. The highest BCUT2D eigenvalue weighted by atomic mass is 35.5. The van der Waals surface area contributed by atoms with E-state index in [-0.39, 0.29) is 35.5 Å². The van der Waals surface area contributed by atoms with Gasteiger partial charge in [0, 0.05) is 17.5 Å².